The molecular formula is C4H11NS. The van der Waals surface area contributed by atoms with Gasteiger partial charge in [-0.1, -0.05) is 0 Å². The van der Waals surface area contributed by atoms with Crippen LogP contribution in [0.1, 0.15) is 6.92 Å². The van der Waals surface area contributed by atoms with Crippen LogP contribution in [0.15, 0.2) is 0 Å². The third kappa shape index (κ3) is 2.54. The molecule has 0 bridgehead atoms. The highest BCUT2D eigenvalue weighted by molar-refractivity contribution is 7.80. The molecule has 0 aromatic rings. The van der Waals surface area contributed by atoms with Crippen molar-refractivity contribution in [1.82, 2.24) is 4.90 Å². The zero-order valence-electron chi connectivity index (χ0n) is 4.47. The standard InChI is InChI=1S/C4H11NS/c1-4(6)5(2)3/h4,6H,1-3H3/t4-/m1/s1. The quantitative estimate of drug-likeness (QED) is 0.382. The minimum absolute atomic E-state index is 0.380. The summed E-state index contributed by atoms with van der Waals surface area (Å²) >= 11 is 4.12. The van der Waals surface area contributed by atoms with Crippen LogP contribution in [0.2, 0.25) is 0 Å². The van der Waals surface area contributed by atoms with Gasteiger partial charge in [-0.25, -0.2) is 0 Å². The van der Waals surface area contributed by atoms with E-state index < -0.39 is 0 Å². The van der Waals surface area contributed by atoms with Crippen molar-refractivity contribution in [2.45, 2.75) is 12.3 Å². The maximum atomic E-state index is 4.12. The fraction of sp³-hybridized carbons (Fsp3) is 1.00. The number of nitrogens with zero attached hydrogens (tertiary/aromatic N) is 1. The van der Waals surface area contributed by atoms with E-state index in [4.69, 9.17) is 0 Å². The molecule has 1 atom stereocenters. The Labute approximate surface area is 44.7 Å². The Balaban J connectivity index is 2.99. The molecule has 38 valence electrons. The SMILES string of the molecule is C[C@@H](S)N(C)C. The summed E-state index contributed by atoms with van der Waals surface area (Å²) in [7, 11) is 4.00. The van der Waals surface area contributed by atoms with Crippen molar-refractivity contribution < 1.29 is 0 Å². The van der Waals surface area contributed by atoms with Crippen molar-refractivity contribution in [3.63, 3.8) is 0 Å². The zero-order chi connectivity index (χ0) is 5.15. The van der Waals surface area contributed by atoms with E-state index in [1.165, 1.54) is 0 Å². The molecule has 0 saturated carbocycles. The Kier molecular flexibility index (Phi) is 2.61. The van der Waals surface area contributed by atoms with Gasteiger partial charge in [-0.15, -0.1) is 0 Å². The number of thiol groups is 1. The van der Waals surface area contributed by atoms with Gasteiger partial charge >= 0.3 is 0 Å². The molecular weight excluding hydrogens is 94.1 g/mol. The van der Waals surface area contributed by atoms with Crippen molar-refractivity contribution >= 4 is 12.6 Å². The summed E-state index contributed by atoms with van der Waals surface area (Å²) in [5.41, 5.74) is 0. The summed E-state index contributed by atoms with van der Waals surface area (Å²) in [6.07, 6.45) is 0. The molecule has 6 heavy (non-hydrogen) atoms. The third-order valence-corrected chi connectivity index (χ3v) is 1.21. The summed E-state index contributed by atoms with van der Waals surface area (Å²) < 4.78 is 0. The second-order valence-corrected chi connectivity index (χ2v) is 2.34. The average Bonchev–Trinajstić information content (AvgIpc) is 1.36. The predicted octanol–water partition coefficient (Wildman–Crippen LogP) is 0.824. The van der Waals surface area contributed by atoms with E-state index >= 15 is 0 Å². The van der Waals surface area contributed by atoms with Crippen molar-refractivity contribution in [1.29, 1.82) is 0 Å². The largest absolute Gasteiger partial charge is 0.298 e. The lowest BCUT2D eigenvalue weighted by molar-refractivity contribution is 0.404. The molecule has 0 aliphatic heterocycles. The van der Waals surface area contributed by atoms with E-state index in [1.807, 2.05) is 25.9 Å². The molecule has 0 spiro atoms. The second kappa shape index (κ2) is 2.48. The Bertz CT molecular complexity index is 28.5. The maximum Gasteiger partial charge on any atom is 0.0493 e. The van der Waals surface area contributed by atoms with Gasteiger partial charge in [-0.2, -0.15) is 12.6 Å². The topological polar surface area (TPSA) is 3.24 Å². The summed E-state index contributed by atoms with van der Waals surface area (Å²) in [6, 6.07) is 0. The van der Waals surface area contributed by atoms with Gasteiger partial charge in [0.25, 0.3) is 0 Å². The molecule has 0 aromatic carbocycles. The molecule has 2 heteroatoms. The molecule has 0 rings (SSSR count). The number of rotatable bonds is 1. The molecule has 0 unspecified atom stereocenters. The van der Waals surface area contributed by atoms with Gasteiger partial charge in [0.2, 0.25) is 0 Å². The molecule has 0 aromatic heterocycles. The second-order valence-electron chi connectivity index (χ2n) is 1.60. The van der Waals surface area contributed by atoms with E-state index in [-0.39, 0.29) is 0 Å². The van der Waals surface area contributed by atoms with Crippen LogP contribution in [0.25, 0.3) is 0 Å². The molecule has 0 radical (unpaired) electrons. The zero-order valence-corrected chi connectivity index (χ0v) is 5.37. The van der Waals surface area contributed by atoms with Gasteiger partial charge in [0, 0.05) is 5.37 Å². The van der Waals surface area contributed by atoms with Crippen LogP contribution in [-0.4, -0.2) is 24.4 Å². The highest BCUT2D eigenvalue weighted by Crippen LogP contribution is 1.92. The maximum absolute atomic E-state index is 4.12. The molecule has 0 N–H and O–H groups in total. The first kappa shape index (κ1) is 6.31. The van der Waals surface area contributed by atoms with Crippen LogP contribution in [0.5, 0.6) is 0 Å². The summed E-state index contributed by atoms with van der Waals surface area (Å²) in [4.78, 5) is 2.03. The third-order valence-electron chi connectivity index (χ3n) is 0.747. The van der Waals surface area contributed by atoms with Crippen LogP contribution in [0.3, 0.4) is 0 Å². The average molecular weight is 105 g/mol. The Morgan fingerprint density at radius 2 is 1.67 bits per heavy atom. The fourth-order valence-electron chi connectivity index (χ4n) is 0. The van der Waals surface area contributed by atoms with Gasteiger partial charge in [0.1, 0.15) is 0 Å². The lowest BCUT2D eigenvalue weighted by atomic mass is 10.7. The predicted molar refractivity (Wildman–Crippen MR) is 32.1 cm³/mol. The first-order chi connectivity index (χ1) is 2.64. The van der Waals surface area contributed by atoms with Gasteiger partial charge < -0.3 is 0 Å². The van der Waals surface area contributed by atoms with Crippen molar-refractivity contribution in [3.05, 3.63) is 0 Å². The van der Waals surface area contributed by atoms with Crippen LogP contribution >= 0.6 is 12.6 Å². The minimum atomic E-state index is 0.380. The molecule has 1 nitrogen and oxygen atoms in total. The molecule has 0 aliphatic rings. The number of hydrogen-bond donors (Lipinski definition) is 1. The van der Waals surface area contributed by atoms with Crippen LogP contribution in [0.4, 0.5) is 0 Å². The highest BCUT2D eigenvalue weighted by atomic mass is 32.1. The van der Waals surface area contributed by atoms with Gasteiger partial charge in [-0.05, 0) is 21.0 Å². The highest BCUT2D eigenvalue weighted by Gasteiger charge is 1.91. The molecule has 0 amide bonds. The van der Waals surface area contributed by atoms with Crippen molar-refractivity contribution in [2.24, 2.45) is 0 Å². The Hall–Kier alpha value is 0.310. The monoisotopic (exact) mass is 105 g/mol. The molecule has 0 saturated heterocycles. The molecule has 0 fully saturated rings. The number of hydrogen-bond acceptors (Lipinski definition) is 2. The van der Waals surface area contributed by atoms with Gasteiger partial charge in [0.15, 0.2) is 0 Å². The molecule has 0 aliphatic carbocycles. The smallest absolute Gasteiger partial charge is 0.0493 e. The van der Waals surface area contributed by atoms with E-state index in [1.54, 1.807) is 0 Å². The Morgan fingerprint density at radius 1 is 1.50 bits per heavy atom. The first-order valence-electron chi connectivity index (χ1n) is 1.99. The van der Waals surface area contributed by atoms with Gasteiger partial charge in [0.05, 0.1) is 0 Å². The van der Waals surface area contributed by atoms with Crippen molar-refractivity contribution in [3.8, 4) is 0 Å². The van der Waals surface area contributed by atoms with E-state index in [0.717, 1.165) is 0 Å². The van der Waals surface area contributed by atoms with Crippen LogP contribution < -0.4 is 0 Å². The minimum Gasteiger partial charge on any atom is -0.298 e. The summed E-state index contributed by atoms with van der Waals surface area (Å²) in [5, 5.41) is 0.380. The van der Waals surface area contributed by atoms with Crippen molar-refractivity contribution in [2.75, 3.05) is 14.1 Å². The lowest BCUT2D eigenvalue weighted by Gasteiger charge is -2.11. The van der Waals surface area contributed by atoms with E-state index in [0.29, 0.717) is 5.37 Å². The fourth-order valence-corrected chi connectivity index (χ4v) is 0. The van der Waals surface area contributed by atoms with E-state index in [9.17, 15) is 0 Å². The lowest BCUT2D eigenvalue weighted by Crippen LogP contribution is -2.17. The summed E-state index contributed by atoms with van der Waals surface area (Å²) in [6.45, 7) is 2.03. The first-order valence-corrected chi connectivity index (χ1v) is 2.50. The van der Waals surface area contributed by atoms with Crippen LogP contribution in [0, 0.1) is 0 Å². The van der Waals surface area contributed by atoms with Crippen LogP contribution in [-0.2, 0) is 0 Å². The molecule has 0 heterocycles. The summed E-state index contributed by atoms with van der Waals surface area (Å²) in [5.74, 6) is 0. The Morgan fingerprint density at radius 3 is 1.67 bits per heavy atom. The normalized spacial score (nSPS) is 15.5. The van der Waals surface area contributed by atoms with Gasteiger partial charge in [-0.3, -0.25) is 4.90 Å². The van der Waals surface area contributed by atoms with E-state index in [2.05, 4.69) is 12.6 Å².